The fourth-order valence-corrected chi connectivity index (χ4v) is 0.536. The molecular weight excluding hydrogens is 190 g/mol. The summed E-state index contributed by atoms with van der Waals surface area (Å²) in [5.74, 6) is 0.757. The van der Waals surface area contributed by atoms with Gasteiger partial charge in [0.05, 0.1) is 0 Å². The van der Waals surface area contributed by atoms with E-state index in [0.717, 1.165) is 0 Å². The summed E-state index contributed by atoms with van der Waals surface area (Å²) >= 11 is 0. The van der Waals surface area contributed by atoms with Crippen molar-refractivity contribution in [2.24, 2.45) is 0 Å². The number of nitrogens with one attached hydrogen (secondary N) is 3. The molecule has 0 radical (unpaired) electrons. The van der Waals surface area contributed by atoms with Crippen molar-refractivity contribution < 1.29 is 0 Å². The van der Waals surface area contributed by atoms with Gasteiger partial charge in [-0.25, -0.2) is 10.2 Å². The van der Waals surface area contributed by atoms with Crippen LogP contribution in [0.5, 0.6) is 0 Å². The second kappa shape index (κ2) is 4.28. The van der Waals surface area contributed by atoms with Gasteiger partial charge in [0.1, 0.15) is 0 Å². The van der Waals surface area contributed by atoms with Gasteiger partial charge < -0.3 is 0 Å². The zero-order valence-electron chi connectivity index (χ0n) is 5.18. The Hall–Kier alpha value is -0.800. The van der Waals surface area contributed by atoms with E-state index in [9.17, 15) is 0 Å². The van der Waals surface area contributed by atoms with Crippen LogP contribution >= 0.6 is 0 Å². The van der Waals surface area contributed by atoms with Crippen molar-refractivity contribution in [1.29, 1.82) is 0 Å². The first-order chi connectivity index (χ1) is 5.45. The van der Waals surface area contributed by atoms with Gasteiger partial charge in [0.25, 0.3) is 0 Å². The number of rotatable bonds is 2. The fraction of sp³-hybridized carbons (Fsp3) is 0. The standard InChI is InChI=1S/C2H3N9.Ca.2H/c3(1-4-8-9-5-1)2-6-10-11-7-2;;;/h(H3,3,4,5,6,7,8,9,10,11);;;. The van der Waals surface area contributed by atoms with E-state index in [0.29, 0.717) is 11.9 Å². The van der Waals surface area contributed by atoms with Crippen molar-refractivity contribution >= 4 is 49.6 Å². The van der Waals surface area contributed by atoms with E-state index in [1.54, 1.807) is 0 Å². The van der Waals surface area contributed by atoms with E-state index in [1.807, 2.05) is 0 Å². The van der Waals surface area contributed by atoms with Gasteiger partial charge >= 0.3 is 37.7 Å². The Kier molecular flexibility index (Phi) is 3.31. The monoisotopic (exact) mass is 195 g/mol. The molecular formula is C2H5CaN9. The molecule has 12 heavy (non-hydrogen) atoms. The van der Waals surface area contributed by atoms with Gasteiger partial charge in [-0.2, -0.15) is 0 Å². The van der Waals surface area contributed by atoms with E-state index in [4.69, 9.17) is 0 Å². The molecule has 9 nitrogen and oxygen atoms in total. The average Bonchev–Trinajstić information content (AvgIpc) is 2.60. The first-order valence-corrected chi connectivity index (χ1v) is 2.69. The number of hydrogen-bond acceptors (Lipinski definition) is 7. The smallest absolute Gasteiger partial charge is 0.247 e. The van der Waals surface area contributed by atoms with E-state index < -0.39 is 0 Å². The predicted octanol–water partition coefficient (Wildman–Crippen LogP) is -2.46. The first-order valence-electron chi connectivity index (χ1n) is 2.69. The fourth-order valence-electron chi connectivity index (χ4n) is 0.536. The van der Waals surface area contributed by atoms with Gasteiger partial charge in [0, 0.05) is 0 Å². The maximum atomic E-state index is 3.55. The number of tetrazole rings is 2. The van der Waals surface area contributed by atoms with Crippen LogP contribution in [-0.2, 0) is 0 Å². The van der Waals surface area contributed by atoms with E-state index in [-0.39, 0.29) is 37.7 Å². The van der Waals surface area contributed by atoms with Gasteiger partial charge in [-0.1, -0.05) is 10.2 Å². The Morgan fingerprint density at radius 2 is 1.42 bits per heavy atom. The number of H-pyrrole nitrogens is 2. The van der Waals surface area contributed by atoms with E-state index in [2.05, 4.69) is 46.6 Å². The molecule has 0 aliphatic heterocycles. The molecule has 0 bridgehead atoms. The van der Waals surface area contributed by atoms with Gasteiger partial charge in [0.2, 0.25) is 11.9 Å². The third-order valence-corrected chi connectivity index (χ3v) is 0.927. The van der Waals surface area contributed by atoms with Crippen LogP contribution in [-0.4, -0.2) is 79.0 Å². The molecule has 0 spiro atoms. The minimum atomic E-state index is 0. The normalized spacial score (nSPS) is 9.00. The maximum Gasteiger partial charge on any atom is 0.247 e. The molecule has 10 heteroatoms. The zero-order valence-corrected chi connectivity index (χ0v) is 5.18. The molecule has 2 aromatic rings. The third kappa shape index (κ3) is 2.09. The Balaban J connectivity index is 0.000000720. The number of nitrogens with zero attached hydrogens (tertiary/aromatic N) is 6. The molecule has 0 saturated heterocycles. The van der Waals surface area contributed by atoms with Crippen molar-refractivity contribution in [2.75, 3.05) is 5.32 Å². The molecule has 2 heterocycles. The van der Waals surface area contributed by atoms with Crippen molar-refractivity contribution in [3.8, 4) is 0 Å². The quantitative estimate of drug-likeness (QED) is 0.454. The summed E-state index contributed by atoms with van der Waals surface area (Å²) in [4.78, 5) is 0. The third-order valence-electron chi connectivity index (χ3n) is 0.927. The number of hydrogen-bond donors (Lipinski definition) is 3. The minimum Gasteiger partial charge on any atom is -0.291 e. The van der Waals surface area contributed by atoms with Crippen molar-refractivity contribution in [3.05, 3.63) is 0 Å². The number of aromatic nitrogens is 8. The Labute approximate surface area is 95.7 Å². The van der Waals surface area contributed by atoms with E-state index in [1.165, 1.54) is 0 Å². The Morgan fingerprint density at radius 3 is 1.75 bits per heavy atom. The van der Waals surface area contributed by atoms with Crippen molar-refractivity contribution in [1.82, 2.24) is 41.2 Å². The predicted molar refractivity (Wildman–Crippen MR) is 40.2 cm³/mol. The second-order valence-electron chi connectivity index (χ2n) is 1.62. The van der Waals surface area contributed by atoms with Crippen LogP contribution in [0.2, 0.25) is 0 Å². The topological polar surface area (TPSA) is 121 Å². The summed E-state index contributed by atoms with van der Waals surface area (Å²) in [6, 6.07) is 0. The second-order valence-corrected chi connectivity index (χ2v) is 1.62. The molecule has 0 fully saturated rings. The van der Waals surface area contributed by atoms with Gasteiger partial charge in [-0.05, 0) is 20.9 Å². The largest absolute Gasteiger partial charge is 0.291 e. The van der Waals surface area contributed by atoms with Crippen LogP contribution in [0.3, 0.4) is 0 Å². The van der Waals surface area contributed by atoms with Gasteiger partial charge in [0.15, 0.2) is 0 Å². The average molecular weight is 195 g/mol. The molecule has 2 rings (SSSR count). The summed E-state index contributed by atoms with van der Waals surface area (Å²) in [6.45, 7) is 0. The first kappa shape index (κ1) is 9.29. The SMILES string of the molecule is [CaH2].n1n[nH]c(Nc2nnn[nH]2)n1. The number of anilines is 2. The Morgan fingerprint density at radius 1 is 0.917 bits per heavy atom. The summed E-state index contributed by atoms with van der Waals surface area (Å²) in [7, 11) is 0. The minimum absolute atomic E-state index is 0. The van der Waals surface area contributed by atoms with Crippen LogP contribution in [0, 0.1) is 0 Å². The summed E-state index contributed by atoms with van der Waals surface area (Å²) in [5.41, 5.74) is 0. The summed E-state index contributed by atoms with van der Waals surface area (Å²) < 4.78 is 0. The van der Waals surface area contributed by atoms with Crippen LogP contribution in [0.1, 0.15) is 0 Å². The molecule has 3 N–H and O–H groups in total. The van der Waals surface area contributed by atoms with E-state index >= 15 is 0 Å². The van der Waals surface area contributed by atoms with Crippen LogP contribution < -0.4 is 5.32 Å². The van der Waals surface area contributed by atoms with Crippen molar-refractivity contribution in [3.63, 3.8) is 0 Å². The molecule has 0 saturated carbocycles. The molecule has 60 valence electrons. The molecule has 0 aliphatic carbocycles. The molecule has 0 aliphatic rings. The van der Waals surface area contributed by atoms with Crippen LogP contribution in [0.25, 0.3) is 0 Å². The van der Waals surface area contributed by atoms with Gasteiger partial charge in [-0.3, -0.25) is 5.32 Å². The molecule has 2 aromatic heterocycles. The number of aromatic amines is 2. The maximum absolute atomic E-state index is 3.55. The van der Waals surface area contributed by atoms with Crippen LogP contribution in [0.15, 0.2) is 0 Å². The Bertz CT molecular complexity index is 265. The summed E-state index contributed by atoms with van der Waals surface area (Å²) in [5, 5.41) is 28.1. The van der Waals surface area contributed by atoms with Crippen LogP contribution in [0.4, 0.5) is 11.9 Å². The zero-order chi connectivity index (χ0) is 7.52. The molecule has 0 unspecified atom stereocenters. The molecule has 0 aromatic carbocycles. The molecule has 0 amide bonds. The van der Waals surface area contributed by atoms with Gasteiger partial charge in [-0.15, -0.1) is 0 Å². The van der Waals surface area contributed by atoms with Crippen molar-refractivity contribution in [2.45, 2.75) is 0 Å². The molecule has 0 atom stereocenters. The summed E-state index contributed by atoms with van der Waals surface area (Å²) in [6.07, 6.45) is 0.